The average molecular weight is 415 g/mol. The third kappa shape index (κ3) is 4.41. The standard InChI is InChI=1S/C20H21N3O5S/c24-18-13-28-17-7-6-15(12-16(17)22-18)21-20(25)19(14-4-2-1-3-5-14)23-8-10-29(26,27)11-9-23/h1-7,12,19H,8-11,13H2,(H,21,25)(H,22,24). The van der Waals surface area contributed by atoms with E-state index in [0.29, 0.717) is 30.2 Å². The van der Waals surface area contributed by atoms with Crippen molar-refractivity contribution in [1.29, 1.82) is 0 Å². The maximum atomic E-state index is 13.2. The third-order valence-electron chi connectivity index (χ3n) is 4.99. The monoisotopic (exact) mass is 415 g/mol. The lowest BCUT2D eigenvalue weighted by molar-refractivity contribution is -0.121. The Balaban J connectivity index is 1.57. The zero-order valence-corrected chi connectivity index (χ0v) is 16.4. The number of nitrogens with one attached hydrogen (secondary N) is 2. The number of nitrogens with zero attached hydrogens (tertiary/aromatic N) is 1. The molecule has 2 aliphatic rings. The SMILES string of the molecule is O=C1COc2ccc(NC(=O)C(c3ccccc3)N3CCS(=O)(=O)CC3)cc2N1. The number of amides is 2. The van der Waals surface area contributed by atoms with Crippen LogP contribution < -0.4 is 15.4 Å². The first-order valence-corrected chi connectivity index (χ1v) is 11.1. The second-order valence-electron chi connectivity index (χ2n) is 7.04. The van der Waals surface area contributed by atoms with Crippen LogP contribution in [0.5, 0.6) is 5.75 Å². The van der Waals surface area contributed by atoms with Crippen LogP contribution in [0.3, 0.4) is 0 Å². The van der Waals surface area contributed by atoms with Gasteiger partial charge in [-0.2, -0.15) is 0 Å². The Kier molecular flexibility index (Phi) is 5.25. The Hall–Kier alpha value is -2.91. The summed E-state index contributed by atoms with van der Waals surface area (Å²) in [7, 11) is -3.06. The van der Waals surface area contributed by atoms with E-state index >= 15 is 0 Å². The Morgan fingerprint density at radius 2 is 1.83 bits per heavy atom. The van der Waals surface area contributed by atoms with E-state index in [4.69, 9.17) is 4.74 Å². The molecule has 29 heavy (non-hydrogen) atoms. The number of rotatable bonds is 4. The predicted octanol–water partition coefficient (Wildman–Crippen LogP) is 1.43. The normalized spacial score (nSPS) is 19.4. The fraction of sp³-hybridized carbons (Fsp3) is 0.300. The molecule has 0 saturated carbocycles. The molecule has 8 nitrogen and oxygen atoms in total. The van der Waals surface area contributed by atoms with E-state index < -0.39 is 15.9 Å². The number of hydrogen-bond acceptors (Lipinski definition) is 6. The van der Waals surface area contributed by atoms with Gasteiger partial charge in [-0.15, -0.1) is 0 Å². The van der Waals surface area contributed by atoms with Gasteiger partial charge in [0.1, 0.15) is 11.8 Å². The van der Waals surface area contributed by atoms with E-state index in [1.165, 1.54) is 0 Å². The molecule has 2 heterocycles. The highest BCUT2D eigenvalue weighted by molar-refractivity contribution is 7.91. The van der Waals surface area contributed by atoms with Crippen LogP contribution in [-0.2, 0) is 19.4 Å². The fourth-order valence-electron chi connectivity index (χ4n) is 3.52. The maximum Gasteiger partial charge on any atom is 0.262 e. The van der Waals surface area contributed by atoms with Gasteiger partial charge in [0.2, 0.25) is 5.91 Å². The number of sulfone groups is 1. The third-order valence-corrected chi connectivity index (χ3v) is 6.60. The summed E-state index contributed by atoms with van der Waals surface area (Å²) in [6.45, 7) is 0.555. The molecule has 152 valence electrons. The number of ether oxygens (including phenoxy) is 1. The van der Waals surface area contributed by atoms with E-state index in [2.05, 4.69) is 10.6 Å². The molecule has 0 aromatic heterocycles. The van der Waals surface area contributed by atoms with E-state index in [-0.39, 0.29) is 29.9 Å². The summed E-state index contributed by atoms with van der Waals surface area (Å²) in [4.78, 5) is 26.6. The summed E-state index contributed by atoms with van der Waals surface area (Å²) in [5.41, 5.74) is 1.81. The number of anilines is 2. The molecule has 0 radical (unpaired) electrons. The molecule has 1 unspecified atom stereocenters. The minimum absolute atomic E-state index is 0.0336. The second-order valence-corrected chi connectivity index (χ2v) is 9.34. The topological polar surface area (TPSA) is 105 Å². The van der Waals surface area contributed by atoms with Crippen LogP contribution in [-0.4, -0.2) is 56.3 Å². The summed E-state index contributed by atoms with van der Waals surface area (Å²) < 4.78 is 28.9. The van der Waals surface area contributed by atoms with Crippen molar-refractivity contribution in [3.8, 4) is 5.75 Å². The average Bonchev–Trinajstić information content (AvgIpc) is 2.70. The van der Waals surface area contributed by atoms with Crippen molar-refractivity contribution in [3.63, 3.8) is 0 Å². The minimum atomic E-state index is -3.06. The molecule has 9 heteroatoms. The van der Waals surface area contributed by atoms with Gasteiger partial charge in [0.05, 0.1) is 17.2 Å². The summed E-state index contributed by atoms with van der Waals surface area (Å²) in [6, 6.07) is 13.7. The molecule has 0 aliphatic carbocycles. The lowest BCUT2D eigenvalue weighted by Crippen LogP contribution is -2.46. The maximum absolute atomic E-state index is 13.2. The van der Waals surface area contributed by atoms with Crippen molar-refractivity contribution in [2.24, 2.45) is 0 Å². The number of hydrogen-bond donors (Lipinski definition) is 2. The van der Waals surface area contributed by atoms with E-state index in [1.54, 1.807) is 18.2 Å². The van der Waals surface area contributed by atoms with Gasteiger partial charge >= 0.3 is 0 Å². The van der Waals surface area contributed by atoms with Gasteiger partial charge in [-0.1, -0.05) is 30.3 Å². The molecule has 2 aromatic carbocycles. The summed E-state index contributed by atoms with van der Waals surface area (Å²) in [5.74, 6) is 0.0945. The first-order chi connectivity index (χ1) is 13.9. The molecule has 2 aromatic rings. The van der Waals surface area contributed by atoms with E-state index in [1.807, 2.05) is 35.2 Å². The molecule has 2 N–H and O–H groups in total. The van der Waals surface area contributed by atoms with Crippen molar-refractivity contribution in [2.75, 3.05) is 41.8 Å². The molecular weight excluding hydrogens is 394 g/mol. The number of carbonyl (C=O) groups excluding carboxylic acids is 2. The Bertz CT molecular complexity index is 1030. The quantitative estimate of drug-likeness (QED) is 0.783. The van der Waals surface area contributed by atoms with E-state index in [9.17, 15) is 18.0 Å². The van der Waals surface area contributed by atoms with Crippen molar-refractivity contribution < 1.29 is 22.7 Å². The summed E-state index contributed by atoms with van der Waals surface area (Å²) in [6.07, 6.45) is 0. The van der Waals surface area contributed by atoms with Crippen LogP contribution in [0.25, 0.3) is 0 Å². The number of benzene rings is 2. The van der Waals surface area contributed by atoms with Crippen molar-refractivity contribution in [2.45, 2.75) is 6.04 Å². The zero-order chi connectivity index (χ0) is 20.4. The van der Waals surface area contributed by atoms with Crippen LogP contribution in [0.4, 0.5) is 11.4 Å². The van der Waals surface area contributed by atoms with Crippen molar-refractivity contribution in [1.82, 2.24) is 4.90 Å². The first-order valence-electron chi connectivity index (χ1n) is 9.28. The number of carbonyl (C=O) groups is 2. The summed E-state index contributed by atoms with van der Waals surface area (Å²) in [5, 5.41) is 5.60. The molecule has 1 atom stereocenters. The van der Waals surface area contributed by atoms with Crippen molar-refractivity contribution >= 4 is 33.0 Å². The van der Waals surface area contributed by atoms with Gasteiger partial charge in [0.15, 0.2) is 16.4 Å². The second kappa shape index (κ2) is 7.84. The van der Waals surface area contributed by atoms with Gasteiger partial charge in [0, 0.05) is 18.8 Å². The van der Waals surface area contributed by atoms with Crippen LogP contribution in [0.2, 0.25) is 0 Å². The highest BCUT2D eigenvalue weighted by Crippen LogP contribution is 2.31. The van der Waals surface area contributed by atoms with Gasteiger partial charge in [0.25, 0.3) is 5.91 Å². The van der Waals surface area contributed by atoms with Gasteiger partial charge in [-0.3, -0.25) is 14.5 Å². The highest BCUT2D eigenvalue weighted by Gasteiger charge is 2.32. The van der Waals surface area contributed by atoms with Gasteiger partial charge < -0.3 is 15.4 Å². The smallest absolute Gasteiger partial charge is 0.262 e. The lowest BCUT2D eigenvalue weighted by Gasteiger charge is -2.33. The van der Waals surface area contributed by atoms with Crippen molar-refractivity contribution in [3.05, 3.63) is 54.1 Å². The number of fused-ring (bicyclic) bond motifs is 1. The molecule has 1 fully saturated rings. The molecule has 2 aliphatic heterocycles. The fourth-order valence-corrected chi connectivity index (χ4v) is 4.75. The Morgan fingerprint density at radius 3 is 2.55 bits per heavy atom. The zero-order valence-electron chi connectivity index (χ0n) is 15.6. The lowest BCUT2D eigenvalue weighted by atomic mass is 10.0. The first kappa shape index (κ1) is 19.4. The molecule has 2 amide bonds. The molecule has 0 spiro atoms. The van der Waals surface area contributed by atoms with Crippen LogP contribution >= 0.6 is 0 Å². The molecular formula is C20H21N3O5S. The van der Waals surface area contributed by atoms with Crippen LogP contribution in [0.1, 0.15) is 11.6 Å². The van der Waals surface area contributed by atoms with Crippen LogP contribution in [0, 0.1) is 0 Å². The van der Waals surface area contributed by atoms with Gasteiger partial charge in [-0.05, 0) is 23.8 Å². The summed E-state index contributed by atoms with van der Waals surface area (Å²) >= 11 is 0. The minimum Gasteiger partial charge on any atom is -0.482 e. The van der Waals surface area contributed by atoms with E-state index in [0.717, 1.165) is 5.56 Å². The van der Waals surface area contributed by atoms with Crippen LogP contribution in [0.15, 0.2) is 48.5 Å². The highest BCUT2D eigenvalue weighted by atomic mass is 32.2. The molecule has 1 saturated heterocycles. The predicted molar refractivity (Wildman–Crippen MR) is 109 cm³/mol. The molecule has 4 rings (SSSR count). The Morgan fingerprint density at radius 1 is 1.10 bits per heavy atom. The molecule has 0 bridgehead atoms. The Labute approximate surface area is 168 Å². The largest absolute Gasteiger partial charge is 0.482 e. The van der Waals surface area contributed by atoms with Gasteiger partial charge in [-0.25, -0.2) is 8.42 Å².